The maximum atomic E-state index is 13.7. The van der Waals surface area contributed by atoms with Gasteiger partial charge in [-0.05, 0) is 45.4 Å². The van der Waals surface area contributed by atoms with Crippen molar-refractivity contribution in [1.29, 1.82) is 0 Å². The Morgan fingerprint density at radius 3 is 1.55 bits per heavy atom. The fraction of sp³-hybridized carbons (Fsp3) is 0.760. The van der Waals surface area contributed by atoms with Gasteiger partial charge in [0, 0.05) is 12.7 Å². The zero-order chi connectivity index (χ0) is 23.4. The first-order chi connectivity index (χ1) is 14.7. The fourth-order valence-electron chi connectivity index (χ4n) is 4.09. The zero-order valence-electron chi connectivity index (χ0n) is 19.6. The van der Waals surface area contributed by atoms with E-state index >= 15 is 0 Å². The molecule has 1 rings (SSSR count). The molecule has 0 radical (unpaired) electrons. The third kappa shape index (κ3) is 8.70. The van der Waals surface area contributed by atoms with E-state index in [-0.39, 0.29) is 12.0 Å². The molecule has 0 bridgehead atoms. The van der Waals surface area contributed by atoms with Crippen LogP contribution in [0.15, 0.2) is 0 Å². The van der Waals surface area contributed by atoms with Gasteiger partial charge in [-0.1, -0.05) is 64.7 Å². The smallest absolute Gasteiger partial charge is 0.200 e. The molecule has 0 spiro atoms. The molecule has 0 saturated heterocycles. The van der Waals surface area contributed by atoms with Crippen molar-refractivity contribution in [3.63, 3.8) is 0 Å². The molecule has 0 aromatic heterocycles. The summed E-state index contributed by atoms with van der Waals surface area (Å²) >= 11 is 0. The Morgan fingerprint density at radius 2 is 1.06 bits per heavy atom. The van der Waals surface area contributed by atoms with Crippen LogP contribution in [0.3, 0.4) is 0 Å². The molecule has 31 heavy (non-hydrogen) atoms. The van der Waals surface area contributed by atoms with E-state index in [1.54, 1.807) is 7.11 Å². The monoisotopic (exact) mass is 450 g/mol. The van der Waals surface area contributed by atoms with Gasteiger partial charge in [0.2, 0.25) is 5.82 Å². The lowest BCUT2D eigenvalue weighted by Gasteiger charge is -2.33. The van der Waals surface area contributed by atoms with Crippen molar-refractivity contribution >= 4 is 0 Å². The lowest BCUT2D eigenvalue weighted by Crippen LogP contribution is -2.33. The molecule has 6 heteroatoms. The summed E-state index contributed by atoms with van der Waals surface area (Å²) in [5.74, 6) is -8.83. The van der Waals surface area contributed by atoms with Gasteiger partial charge in [-0.2, -0.15) is 0 Å². The van der Waals surface area contributed by atoms with Crippen molar-refractivity contribution in [2.45, 2.75) is 110 Å². The lowest BCUT2D eigenvalue weighted by atomic mass is 9.82. The highest BCUT2D eigenvalue weighted by molar-refractivity contribution is 5.24. The second-order valence-corrected chi connectivity index (χ2v) is 9.06. The zero-order valence-corrected chi connectivity index (χ0v) is 19.6. The number of ether oxygens (including phenoxy) is 1. The number of rotatable bonds is 16. The van der Waals surface area contributed by atoms with Crippen LogP contribution in [0.25, 0.3) is 0 Å². The van der Waals surface area contributed by atoms with Crippen molar-refractivity contribution in [3.05, 3.63) is 34.6 Å². The van der Waals surface area contributed by atoms with Crippen LogP contribution in [0.4, 0.5) is 22.0 Å². The topological polar surface area (TPSA) is 9.23 Å². The summed E-state index contributed by atoms with van der Waals surface area (Å²) in [5.41, 5.74) is -0.920. The SMILES string of the molecule is CCCCCCCCC(CCCCCCc1c(F)c(F)c(F)c(F)c1F)C(C)(C)OC. The summed E-state index contributed by atoms with van der Waals surface area (Å²) in [6.45, 7) is 6.43. The van der Waals surface area contributed by atoms with E-state index in [1.807, 2.05) is 0 Å². The van der Waals surface area contributed by atoms with Gasteiger partial charge in [-0.15, -0.1) is 0 Å². The Balaban J connectivity index is 2.43. The van der Waals surface area contributed by atoms with Crippen LogP contribution in [-0.2, 0) is 11.2 Å². The van der Waals surface area contributed by atoms with E-state index in [2.05, 4.69) is 20.8 Å². The Hall–Kier alpha value is -1.17. The maximum Gasteiger partial charge on any atom is 0.200 e. The van der Waals surface area contributed by atoms with E-state index in [0.717, 1.165) is 25.7 Å². The van der Waals surface area contributed by atoms with Crippen LogP contribution in [0.1, 0.15) is 103 Å². The van der Waals surface area contributed by atoms with Crippen LogP contribution >= 0.6 is 0 Å². The normalized spacial score (nSPS) is 13.1. The number of hydrogen-bond acceptors (Lipinski definition) is 1. The third-order valence-corrected chi connectivity index (χ3v) is 6.45. The average molecular weight is 451 g/mol. The molecule has 0 aliphatic carbocycles. The number of methoxy groups -OCH3 is 1. The molecule has 0 saturated carbocycles. The highest BCUT2D eigenvalue weighted by Crippen LogP contribution is 2.31. The minimum Gasteiger partial charge on any atom is -0.379 e. The van der Waals surface area contributed by atoms with E-state index in [0.29, 0.717) is 18.8 Å². The van der Waals surface area contributed by atoms with Crippen LogP contribution in [0, 0.1) is 35.0 Å². The molecule has 1 nitrogen and oxygen atoms in total. The van der Waals surface area contributed by atoms with E-state index in [1.165, 1.54) is 38.5 Å². The largest absolute Gasteiger partial charge is 0.379 e. The summed E-state index contributed by atoms with van der Waals surface area (Å²) in [4.78, 5) is 0. The standard InChI is InChI=1S/C25H39F5O/c1-5-6-7-8-9-12-15-18(25(2,3)31-4)16-13-10-11-14-17-19-20(26)22(28)24(30)23(29)21(19)27/h18H,5-17H2,1-4H3. The fourth-order valence-corrected chi connectivity index (χ4v) is 4.09. The van der Waals surface area contributed by atoms with Crippen LogP contribution < -0.4 is 0 Å². The quantitative estimate of drug-likeness (QED) is 0.106. The highest BCUT2D eigenvalue weighted by Gasteiger charge is 2.28. The average Bonchev–Trinajstić information content (AvgIpc) is 2.75. The molecule has 0 amide bonds. The third-order valence-electron chi connectivity index (χ3n) is 6.45. The highest BCUT2D eigenvalue weighted by atomic mass is 19.2. The van der Waals surface area contributed by atoms with Crippen molar-refractivity contribution in [2.24, 2.45) is 5.92 Å². The Kier molecular flexibility index (Phi) is 12.7. The molecule has 1 atom stereocenters. The summed E-state index contributed by atoms with van der Waals surface area (Å²) in [6.07, 6.45) is 12.3. The minimum absolute atomic E-state index is 0.156. The van der Waals surface area contributed by atoms with Gasteiger partial charge >= 0.3 is 0 Å². The minimum atomic E-state index is -2.10. The molecule has 0 heterocycles. The molecule has 1 unspecified atom stereocenters. The number of halogens is 5. The first-order valence-corrected chi connectivity index (χ1v) is 11.7. The van der Waals surface area contributed by atoms with Gasteiger partial charge in [0.25, 0.3) is 0 Å². The van der Waals surface area contributed by atoms with Gasteiger partial charge < -0.3 is 4.74 Å². The van der Waals surface area contributed by atoms with Gasteiger partial charge in [0.15, 0.2) is 23.3 Å². The molecular formula is C25H39F5O. The summed E-state index contributed by atoms with van der Waals surface area (Å²) in [6, 6.07) is 0. The Labute approximate surface area is 184 Å². The number of hydrogen-bond donors (Lipinski definition) is 0. The molecule has 0 N–H and O–H groups in total. The molecule has 0 aliphatic rings. The van der Waals surface area contributed by atoms with Gasteiger partial charge in [0.05, 0.1) is 5.60 Å². The van der Waals surface area contributed by atoms with Crippen molar-refractivity contribution < 1.29 is 26.7 Å². The van der Waals surface area contributed by atoms with E-state index in [4.69, 9.17) is 4.74 Å². The molecular weight excluding hydrogens is 411 g/mol. The maximum absolute atomic E-state index is 13.7. The summed E-state index contributed by atoms with van der Waals surface area (Å²) in [5, 5.41) is 0. The van der Waals surface area contributed by atoms with Gasteiger partial charge in [-0.25, -0.2) is 22.0 Å². The van der Waals surface area contributed by atoms with E-state index < -0.39 is 34.6 Å². The molecule has 1 aromatic carbocycles. The van der Waals surface area contributed by atoms with Crippen LogP contribution in [0.2, 0.25) is 0 Å². The predicted molar refractivity (Wildman–Crippen MR) is 116 cm³/mol. The summed E-state index contributed by atoms with van der Waals surface area (Å²) in [7, 11) is 1.73. The molecule has 0 aliphatic heterocycles. The lowest BCUT2D eigenvalue weighted by molar-refractivity contribution is -0.0352. The van der Waals surface area contributed by atoms with Crippen molar-refractivity contribution in [2.75, 3.05) is 7.11 Å². The second kappa shape index (κ2) is 14.1. The van der Waals surface area contributed by atoms with Crippen LogP contribution in [-0.4, -0.2) is 12.7 Å². The Morgan fingerprint density at radius 1 is 0.645 bits per heavy atom. The predicted octanol–water partition coefficient (Wildman–Crippen LogP) is 8.67. The van der Waals surface area contributed by atoms with E-state index in [9.17, 15) is 22.0 Å². The number of unbranched alkanes of at least 4 members (excludes halogenated alkanes) is 8. The molecule has 180 valence electrons. The van der Waals surface area contributed by atoms with Gasteiger partial charge in [0.1, 0.15) is 0 Å². The van der Waals surface area contributed by atoms with Crippen molar-refractivity contribution in [1.82, 2.24) is 0 Å². The summed E-state index contributed by atoms with van der Waals surface area (Å²) < 4.78 is 72.9. The first-order valence-electron chi connectivity index (χ1n) is 11.7. The van der Waals surface area contributed by atoms with Crippen LogP contribution in [0.5, 0.6) is 0 Å². The van der Waals surface area contributed by atoms with Crippen molar-refractivity contribution in [3.8, 4) is 0 Å². The Bertz CT molecular complexity index is 631. The molecule has 1 aromatic rings. The first kappa shape index (κ1) is 27.9. The van der Waals surface area contributed by atoms with Gasteiger partial charge in [-0.3, -0.25) is 0 Å². The number of benzene rings is 1. The second-order valence-electron chi connectivity index (χ2n) is 9.06. The molecule has 0 fully saturated rings.